The van der Waals surface area contributed by atoms with Crippen molar-refractivity contribution in [1.82, 2.24) is 4.90 Å². The van der Waals surface area contributed by atoms with Crippen molar-refractivity contribution in [3.63, 3.8) is 0 Å². The van der Waals surface area contributed by atoms with Gasteiger partial charge in [0.05, 0.1) is 12.7 Å². The molecule has 2 fully saturated rings. The molecule has 1 aliphatic carbocycles. The Morgan fingerprint density at radius 3 is 2.50 bits per heavy atom. The minimum Gasteiger partial charge on any atom is -0.465 e. The first-order valence-electron chi connectivity index (χ1n) is 7.81. The first-order chi connectivity index (χ1) is 10.7. The summed E-state index contributed by atoms with van der Waals surface area (Å²) in [6, 6.07) is 7.18. The van der Waals surface area contributed by atoms with Crippen molar-refractivity contribution in [3.05, 3.63) is 35.4 Å². The molecule has 2 aliphatic rings. The monoisotopic (exact) mass is 303 g/mol. The predicted molar refractivity (Wildman–Crippen MR) is 80.2 cm³/mol. The summed E-state index contributed by atoms with van der Waals surface area (Å²) in [4.78, 5) is 25.9. The van der Waals surface area contributed by atoms with E-state index in [-0.39, 0.29) is 11.9 Å². The second kappa shape index (κ2) is 6.48. The zero-order valence-corrected chi connectivity index (χ0v) is 12.8. The summed E-state index contributed by atoms with van der Waals surface area (Å²) < 4.78 is 10.4. The largest absolute Gasteiger partial charge is 0.465 e. The summed E-state index contributed by atoms with van der Waals surface area (Å²) in [5, 5.41) is 0. The lowest BCUT2D eigenvalue weighted by molar-refractivity contribution is -0.132. The van der Waals surface area contributed by atoms with Crippen LogP contribution in [-0.4, -0.2) is 36.7 Å². The van der Waals surface area contributed by atoms with Crippen LogP contribution < -0.4 is 0 Å². The van der Waals surface area contributed by atoms with Gasteiger partial charge in [0.2, 0.25) is 0 Å². The molecule has 0 spiro atoms. The molecule has 0 radical (unpaired) electrons. The molecular weight excluding hydrogens is 282 g/mol. The highest BCUT2D eigenvalue weighted by atomic mass is 16.5. The molecule has 1 unspecified atom stereocenters. The van der Waals surface area contributed by atoms with E-state index in [1.807, 2.05) is 4.90 Å². The van der Waals surface area contributed by atoms with Gasteiger partial charge in [0.15, 0.2) is 6.10 Å². The molecule has 118 valence electrons. The third-order valence-corrected chi connectivity index (χ3v) is 4.54. The summed E-state index contributed by atoms with van der Waals surface area (Å²) >= 11 is 0. The molecule has 1 aliphatic heterocycles. The van der Waals surface area contributed by atoms with Crippen molar-refractivity contribution in [1.29, 1.82) is 0 Å². The van der Waals surface area contributed by atoms with E-state index >= 15 is 0 Å². The maximum absolute atomic E-state index is 12.6. The summed E-state index contributed by atoms with van der Waals surface area (Å²) in [6.45, 7) is 0.368. The summed E-state index contributed by atoms with van der Waals surface area (Å²) in [5.74, 6) is -0.341. The number of carbonyl (C=O) groups is 2. The van der Waals surface area contributed by atoms with Crippen LogP contribution in [0, 0.1) is 0 Å². The number of nitrogens with zero attached hydrogens (tertiary/aromatic N) is 1. The fraction of sp³-hybridized carbons (Fsp3) is 0.529. The number of rotatable bonds is 3. The van der Waals surface area contributed by atoms with E-state index in [9.17, 15) is 9.59 Å². The van der Waals surface area contributed by atoms with Gasteiger partial charge >= 0.3 is 5.97 Å². The zero-order valence-electron chi connectivity index (χ0n) is 12.8. The lowest BCUT2D eigenvalue weighted by Gasteiger charge is -2.29. The van der Waals surface area contributed by atoms with E-state index in [1.165, 1.54) is 26.4 Å². The highest BCUT2D eigenvalue weighted by molar-refractivity contribution is 5.89. The fourth-order valence-electron chi connectivity index (χ4n) is 3.27. The molecule has 5 heteroatoms. The van der Waals surface area contributed by atoms with Crippen LogP contribution in [0.2, 0.25) is 0 Å². The summed E-state index contributed by atoms with van der Waals surface area (Å²) in [5.41, 5.74) is 1.26. The number of esters is 1. The maximum Gasteiger partial charge on any atom is 0.337 e. The van der Waals surface area contributed by atoms with Crippen molar-refractivity contribution < 1.29 is 19.1 Å². The van der Waals surface area contributed by atoms with E-state index in [0.717, 1.165) is 18.4 Å². The van der Waals surface area contributed by atoms with Gasteiger partial charge in [0, 0.05) is 6.04 Å². The third kappa shape index (κ3) is 2.86. The molecular formula is C17H21NO4. The smallest absolute Gasteiger partial charge is 0.337 e. The Bertz CT molecular complexity index is 548. The molecule has 3 rings (SSSR count). The normalized spacial score (nSPS) is 22.9. The van der Waals surface area contributed by atoms with Crippen LogP contribution in [0.5, 0.6) is 0 Å². The molecule has 1 atom stereocenters. The Morgan fingerprint density at radius 2 is 1.86 bits per heavy atom. The van der Waals surface area contributed by atoms with E-state index in [4.69, 9.17) is 4.74 Å². The number of benzene rings is 1. The molecule has 0 aromatic heterocycles. The molecule has 22 heavy (non-hydrogen) atoms. The van der Waals surface area contributed by atoms with Crippen molar-refractivity contribution in [2.75, 3.05) is 13.8 Å². The Balaban J connectivity index is 1.70. The minimum atomic E-state index is -0.548. The van der Waals surface area contributed by atoms with Gasteiger partial charge < -0.3 is 14.4 Å². The van der Waals surface area contributed by atoms with E-state index < -0.39 is 6.10 Å². The van der Waals surface area contributed by atoms with Gasteiger partial charge in [0.1, 0.15) is 6.73 Å². The quantitative estimate of drug-likeness (QED) is 0.806. The topological polar surface area (TPSA) is 55.8 Å². The van der Waals surface area contributed by atoms with Gasteiger partial charge in [-0.2, -0.15) is 0 Å². The van der Waals surface area contributed by atoms with Crippen molar-refractivity contribution in [3.8, 4) is 0 Å². The highest BCUT2D eigenvalue weighted by Gasteiger charge is 2.38. The molecule has 0 N–H and O–H groups in total. The maximum atomic E-state index is 12.6. The summed E-state index contributed by atoms with van der Waals surface area (Å²) in [6.07, 6.45) is 5.23. The van der Waals surface area contributed by atoms with Crippen molar-refractivity contribution in [2.24, 2.45) is 0 Å². The van der Waals surface area contributed by atoms with Gasteiger partial charge in [-0.3, -0.25) is 4.79 Å². The molecule has 1 aromatic carbocycles. The third-order valence-electron chi connectivity index (χ3n) is 4.54. The molecule has 0 bridgehead atoms. The number of carbonyl (C=O) groups excluding carboxylic acids is 2. The minimum absolute atomic E-state index is 0.0396. The number of hydrogen-bond donors (Lipinski definition) is 0. The molecule has 1 aromatic rings. The number of amides is 1. The fourth-order valence-corrected chi connectivity index (χ4v) is 3.27. The van der Waals surface area contributed by atoms with Crippen LogP contribution in [0.4, 0.5) is 0 Å². The van der Waals surface area contributed by atoms with Crippen LogP contribution in [0.3, 0.4) is 0 Å². The zero-order chi connectivity index (χ0) is 15.5. The van der Waals surface area contributed by atoms with E-state index in [1.54, 1.807) is 24.3 Å². The Morgan fingerprint density at radius 1 is 1.18 bits per heavy atom. The Kier molecular flexibility index (Phi) is 4.43. The van der Waals surface area contributed by atoms with Crippen LogP contribution in [0.1, 0.15) is 54.1 Å². The second-order valence-corrected chi connectivity index (χ2v) is 5.89. The number of ether oxygens (including phenoxy) is 2. The standard InChI is InChI=1S/C17H21NO4/c1-21-17(20)13-9-7-12(8-10-13)15-16(19)18(11-22-15)14-5-3-2-4-6-14/h7-10,14-15H,2-6,11H2,1H3. The number of hydrogen-bond acceptors (Lipinski definition) is 4. The van der Waals surface area contributed by atoms with Crippen molar-refractivity contribution in [2.45, 2.75) is 44.2 Å². The SMILES string of the molecule is COC(=O)c1ccc(C2OCN(C3CCCCC3)C2=O)cc1. The molecule has 1 amide bonds. The number of methoxy groups -OCH3 is 1. The Labute approximate surface area is 130 Å². The van der Waals surface area contributed by atoms with Gasteiger partial charge in [-0.25, -0.2) is 4.79 Å². The van der Waals surface area contributed by atoms with E-state index in [2.05, 4.69) is 4.74 Å². The Hall–Kier alpha value is -1.88. The average molecular weight is 303 g/mol. The van der Waals surface area contributed by atoms with Gasteiger partial charge in [-0.05, 0) is 30.5 Å². The molecule has 1 saturated carbocycles. The highest BCUT2D eigenvalue weighted by Crippen LogP contribution is 2.32. The first kappa shape index (κ1) is 15.0. The van der Waals surface area contributed by atoms with Crippen LogP contribution in [0.15, 0.2) is 24.3 Å². The summed E-state index contributed by atoms with van der Waals surface area (Å²) in [7, 11) is 1.35. The van der Waals surface area contributed by atoms with Gasteiger partial charge in [-0.15, -0.1) is 0 Å². The lowest BCUT2D eigenvalue weighted by atomic mass is 9.94. The van der Waals surface area contributed by atoms with Crippen LogP contribution in [0.25, 0.3) is 0 Å². The predicted octanol–water partition coefficient (Wildman–Crippen LogP) is 2.66. The van der Waals surface area contributed by atoms with Gasteiger partial charge in [-0.1, -0.05) is 31.4 Å². The second-order valence-electron chi connectivity index (χ2n) is 5.89. The molecule has 5 nitrogen and oxygen atoms in total. The van der Waals surface area contributed by atoms with Crippen LogP contribution >= 0.6 is 0 Å². The van der Waals surface area contributed by atoms with Gasteiger partial charge in [0.25, 0.3) is 5.91 Å². The van der Waals surface area contributed by atoms with Crippen molar-refractivity contribution >= 4 is 11.9 Å². The first-order valence-corrected chi connectivity index (χ1v) is 7.81. The lowest BCUT2D eigenvalue weighted by Crippen LogP contribution is -2.38. The molecule has 1 heterocycles. The van der Waals surface area contributed by atoms with Crippen LogP contribution in [-0.2, 0) is 14.3 Å². The molecule has 1 saturated heterocycles. The van der Waals surface area contributed by atoms with E-state index in [0.29, 0.717) is 18.3 Å². The average Bonchev–Trinajstić information content (AvgIpc) is 2.96.